The lowest BCUT2D eigenvalue weighted by Gasteiger charge is -2.20. The van der Waals surface area contributed by atoms with Crippen molar-refractivity contribution < 1.29 is 5.11 Å². The summed E-state index contributed by atoms with van der Waals surface area (Å²) >= 11 is 0. The second-order valence-corrected chi connectivity index (χ2v) is 5.36. The second-order valence-electron chi connectivity index (χ2n) is 5.36. The highest BCUT2D eigenvalue weighted by Crippen LogP contribution is 2.30. The maximum absolute atomic E-state index is 9.87. The summed E-state index contributed by atoms with van der Waals surface area (Å²) in [5.41, 5.74) is 2.55. The van der Waals surface area contributed by atoms with Crippen LogP contribution in [0.3, 0.4) is 0 Å². The molecule has 2 heteroatoms. The summed E-state index contributed by atoms with van der Waals surface area (Å²) in [4.78, 5) is 0. The first-order chi connectivity index (χ1) is 7.68. The van der Waals surface area contributed by atoms with E-state index in [0.717, 1.165) is 31.7 Å². The quantitative estimate of drug-likeness (QED) is 0.829. The van der Waals surface area contributed by atoms with E-state index in [0.29, 0.717) is 0 Å². The van der Waals surface area contributed by atoms with Gasteiger partial charge in [0.25, 0.3) is 0 Å². The van der Waals surface area contributed by atoms with Crippen molar-refractivity contribution in [3.8, 4) is 0 Å². The molecule has 1 aromatic heterocycles. The van der Waals surface area contributed by atoms with Crippen molar-refractivity contribution in [3.05, 3.63) is 23.5 Å². The number of aryl methyl sites for hydroxylation is 1. The fourth-order valence-electron chi connectivity index (χ4n) is 2.61. The van der Waals surface area contributed by atoms with Gasteiger partial charge < -0.3 is 9.67 Å². The van der Waals surface area contributed by atoms with Gasteiger partial charge >= 0.3 is 0 Å². The highest BCUT2D eigenvalue weighted by molar-refractivity contribution is 5.27. The molecule has 16 heavy (non-hydrogen) atoms. The Morgan fingerprint density at radius 3 is 3.06 bits per heavy atom. The Balaban J connectivity index is 2.00. The van der Waals surface area contributed by atoms with Crippen molar-refractivity contribution in [2.45, 2.75) is 58.6 Å². The van der Waals surface area contributed by atoms with Crippen LogP contribution in [0.15, 0.2) is 12.3 Å². The highest BCUT2D eigenvalue weighted by atomic mass is 16.3. The highest BCUT2D eigenvalue weighted by Gasteiger charge is 2.20. The van der Waals surface area contributed by atoms with Gasteiger partial charge in [-0.3, -0.25) is 0 Å². The monoisotopic (exact) mass is 221 g/mol. The molecule has 1 heterocycles. The Hall–Kier alpha value is -0.760. The summed E-state index contributed by atoms with van der Waals surface area (Å²) in [7, 11) is 0. The molecule has 1 atom stereocenters. The van der Waals surface area contributed by atoms with Crippen molar-refractivity contribution in [2.24, 2.45) is 5.92 Å². The Bertz CT molecular complexity index is 341. The number of rotatable bonds is 4. The second kappa shape index (κ2) is 5.05. The third-order valence-electron chi connectivity index (χ3n) is 3.54. The predicted octanol–water partition coefficient (Wildman–Crippen LogP) is 3.29. The average Bonchev–Trinajstić information content (AvgIpc) is 2.63. The number of hydrogen-bond donors (Lipinski definition) is 1. The minimum absolute atomic E-state index is 0.213. The van der Waals surface area contributed by atoms with Gasteiger partial charge in [-0.15, -0.1) is 0 Å². The van der Waals surface area contributed by atoms with Crippen LogP contribution < -0.4 is 0 Å². The van der Waals surface area contributed by atoms with Crippen molar-refractivity contribution >= 4 is 0 Å². The molecular weight excluding hydrogens is 198 g/mol. The van der Waals surface area contributed by atoms with E-state index < -0.39 is 0 Å². The van der Waals surface area contributed by atoms with Crippen LogP contribution in [-0.2, 0) is 13.0 Å². The summed E-state index contributed by atoms with van der Waals surface area (Å²) in [6, 6.07) is 2.11. The predicted molar refractivity (Wildman–Crippen MR) is 66.4 cm³/mol. The Morgan fingerprint density at radius 2 is 2.31 bits per heavy atom. The SMILES string of the molecule is CC(C)CCCn1ccc2c1CCCC2O. The Labute approximate surface area is 98.3 Å². The van der Waals surface area contributed by atoms with E-state index >= 15 is 0 Å². The zero-order chi connectivity index (χ0) is 11.5. The lowest BCUT2D eigenvalue weighted by atomic mass is 9.95. The summed E-state index contributed by atoms with van der Waals surface area (Å²) < 4.78 is 2.35. The third-order valence-corrected chi connectivity index (χ3v) is 3.54. The molecule has 1 aliphatic carbocycles. The number of fused-ring (bicyclic) bond motifs is 1. The molecule has 1 unspecified atom stereocenters. The van der Waals surface area contributed by atoms with E-state index in [1.54, 1.807) is 0 Å². The van der Waals surface area contributed by atoms with Gasteiger partial charge in [-0.05, 0) is 44.1 Å². The van der Waals surface area contributed by atoms with Crippen LogP contribution in [-0.4, -0.2) is 9.67 Å². The molecule has 0 bridgehead atoms. The van der Waals surface area contributed by atoms with Crippen LogP contribution in [0.2, 0.25) is 0 Å². The number of aliphatic hydroxyl groups excluding tert-OH is 1. The van der Waals surface area contributed by atoms with Gasteiger partial charge in [0.1, 0.15) is 0 Å². The van der Waals surface area contributed by atoms with Gasteiger partial charge in [0.2, 0.25) is 0 Å². The molecule has 0 aromatic carbocycles. The maximum atomic E-state index is 9.87. The van der Waals surface area contributed by atoms with Crippen LogP contribution in [0.1, 0.15) is 56.9 Å². The lowest BCUT2D eigenvalue weighted by molar-refractivity contribution is 0.155. The van der Waals surface area contributed by atoms with Crippen LogP contribution in [0, 0.1) is 5.92 Å². The zero-order valence-corrected chi connectivity index (χ0v) is 10.4. The molecule has 0 amide bonds. The third kappa shape index (κ3) is 2.49. The Kier molecular flexibility index (Phi) is 3.70. The topological polar surface area (TPSA) is 25.2 Å². The molecule has 0 saturated carbocycles. The first-order valence-electron chi connectivity index (χ1n) is 6.54. The van der Waals surface area contributed by atoms with E-state index in [2.05, 4.69) is 30.7 Å². The van der Waals surface area contributed by atoms with Crippen LogP contribution in [0.25, 0.3) is 0 Å². The van der Waals surface area contributed by atoms with E-state index in [4.69, 9.17) is 0 Å². The van der Waals surface area contributed by atoms with Crippen LogP contribution in [0.4, 0.5) is 0 Å². The molecule has 0 aliphatic heterocycles. The van der Waals surface area contributed by atoms with E-state index in [1.165, 1.54) is 24.1 Å². The largest absolute Gasteiger partial charge is 0.388 e. The molecule has 0 spiro atoms. The van der Waals surface area contributed by atoms with Gasteiger partial charge in [0, 0.05) is 24.0 Å². The standard InChI is InChI=1S/C14H23NO/c1-11(2)5-4-9-15-10-8-12-13(15)6-3-7-14(12)16/h8,10-11,14,16H,3-7,9H2,1-2H3. The molecule has 0 radical (unpaired) electrons. The first kappa shape index (κ1) is 11.7. The molecule has 2 rings (SSSR count). The zero-order valence-electron chi connectivity index (χ0n) is 10.4. The minimum Gasteiger partial charge on any atom is -0.388 e. The summed E-state index contributed by atoms with van der Waals surface area (Å²) in [6.07, 6.45) is 7.67. The van der Waals surface area contributed by atoms with Crippen molar-refractivity contribution in [2.75, 3.05) is 0 Å². The maximum Gasteiger partial charge on any atom is 0.0807 e. The Morgan fingerprint density at radius 1 is 1.50 bits per heavy atom. The first-order valence-corrected chi connectivity index (χ1v) is 6.54. The van der Waals surface area contributed by atoms with Gasteiger partial charge in [-0.2, -0.15) is 0 Å². The minimum atomic E-state index is -0.213. The van der Waals surface area contributed by atoms with Crippen LogP contribution >= 0.6 is 0 Å². The van der Waals surface area contributed by atoms with Crippen LogP contribution in [0.5, 0.6) is 0 Å². The number of aromatic nitrogens is 1. The number of hydrogen-bond acceptors (Lipinski definition) is 1. The molecule has 0 saturated heterocycles. The average molecular weight is 221 g/mol. The molecule has 1 aromatic rings. The lowest BCUT2D eigenvalue weighted by Crippen LogP contribution is -2.12. The van der Waals surface area contributed by atoms with E-state index in [1.807, 2.05) is 0 Å². The molecule has 2 nitrogen and oxygen atoms in total. The summed E-state index contributed by atoms with van der Waals surface area (Å²) in [5, 5.41) is 9.87. The molecule has 90 valence electrons. The number of nitrogens with zero attached hydrogens (tertiary/aromatic N) is 1. The fraction of sp³-hybridized carbons (Fsp3) is 0.714. The van der Waals surface area contributed by atoms with Gasteiger partial charge in [-0.25, -0.2) is 0 Å². The normalized spacial score (nSPS) is 20.1. The van der Waals surface area contributed by atoms with Crippen molar-refractivity contribution in [1.82, 2.24) is 4.57 Å². The smallest absolute Gasteiger partial charge is 0.0807 e. The van der Waals surface area contributed by atoms with Gasteiger partial charge in [0.05, 0.1) is 6.10 Å². The van der Waals surface area contributed by atoms with Gasteiger partial charge in [0.15, 0.2) is 0 Å². The molecule has 0 fully saturated rings. The fourth-order valence-corrected chi connectivity index (χ4v) is 2.61. The van der Waals surface area contributed by atoms with E-state index in [9.17, 15) is 5.11 Å². The molecular formula is C14H23NO. The van der Waals surface area contributed by atoms with E-state index in [-0.39, 0.29) is 6.10 Å². The van der Waals surface area contributed by atoms with Crippen molar-refractivity contribution in [3.63, 3.8) is 0 Å². The molecule has 1 N–H and O–H groups in total. The number of aliphatic hydroxyl groups is 1. The van der Waals surface area contributed by atoms with Crippen molar-refractivity contribution in [1.29, 1.82) is 0 Å². The van der Waals surface area contributed by atoms with Gasteiger partial charge in [-0.1, -0.05) is 13.8 Å². The molecule has 1 aliphatic rings. The summed E-state index contributed by atoms with van der Waals surface area (Å²) in [6.45, 7) is 5.66. The summed E-state index contributed by atoms with van der Waals surface area (Å²) in [5.74, 6) is 0.789.